The summed E-state index contributed by atoms with van der Waals surface area (Å²) in [5.74, 6) is -0.373. The van der Waals surface area contributed by atoms with Crippen LogP contribution in [0.2, 0.25) is 0 Å². The predicted molar refractivity (Wildman–Crippen MR) is 61.7 cm³/mol. The SMILES string of the molecule is COC(=O)c1cc(N)cc(Br)c1SC. The molecule has 1 aromatic carbocycles. The van der Waals surface area contributed by atoms with Gasteiger partial charge in [-0.1, -0.05) is 0 Å². The maximum Gasteiger partial charge on any atom is 0.339 e. The van der Waals surface area contributed by atoms with Crippen LogP contribution in [-0.2, 0) is 4.74 Å². The minimum Gasteiger partial charge on any atom is -0.465 e. The lowest BCUT2D eigenvalue weighted by Gasteiger charge is -2.08. The normalized spacial score (nSPS) is 9.93. The highest BCUT2D eigenvalue weighted by Gasteiger charge is 2.14. The van der Waals surface area contributed by atoms with Gasteiger partial charge in [0.05, 0.1) is 12.7 Å². The first kappa shape index (κ1) is 11.4. The number of hydrogen-bond acceptors (Lipinski definition) is 4. The van der Waals surface area contributed by atoms with E-state index in [2.05, 4.69) is 20.7 Å². The number of ether oxygens (including phenoxy) is 1. The first-order valence-electron chi connectivity index (χ1n) is 3.81. The number of nitrogens with two attached hydrogens (primary N) is 1. The summed E-state index contributed by atoms with van der Waals surface area (Å²) in [6.45, 7) is 0. The van der Waals surface area contributed by atoms with Crippen LogP contribution in [0.5, 0.6) is 0 Å². The van der Waals surface area contributed by atoms with E-state index in [-0.39, 0.29) is 5.97 Å². The molecule has 1 rings (SSSR count). The quantitative estimate of drug-likeness (QED) is 0.512. The van der Waals surface area contributed by atoms with Crippen molar-refractivity contribution in [3.05, 3.63) is 22.2 Å². The first-order chi connectivity index (χ1) is 6.60. The zero-order chi connectivity index (χ0) is 10.7. The van der Waals surface area contributed by atoms with Gasteiger partial charge in [-0.25, -0.2) is 4.79 Å². The van der Waals surface area contributed by atoms with Gasteiger partial charge in [0.2, 0.25) is 0 Å². The molecular formula is C9H10BrNO2S. The third-order valence-electron chi connectivity index (χ3n) is 1.68. The number of carbonyl (C=O) groups is 1. The van der Waals surface area contributed by atoms with E-state index in [1.54, 1.807) is 12.1 Å². The summed E-state index contributed by atoms with van der Waals surface area (Å²) in [4.78, 5) is 12.2. The Morgan fingerprint density at radius 1 is 1.57 bits per heavy atom. The Kier molecular flexibility index (Phi) is 3.83. The molecule has 0 aliphatic heterocycles. The van der Waals surface area contributed by atoms with Crippen molar-refractivity contribution in [2.75, 3.05) is 19.1 Å². The van der Waals surface area contributed by atoms with Crippen LogP contribution in [0.3, 0.4) is 0 Å². The number of benzene rings is 1. The highest BCUT2D eigenvalue weighted by atomic mass is 79.9. The summed E-state index contributed by atoms with van der Waals surface area (Å²) in [7, 11) is 1.35. The Balaban J connectivity index is 3.32. The molecular weight excluding hydrogens is 266 g/mol. The summed E-state index contributed by atoms with van der Waals surface area (Å²) >= 11 is 4.82. The van der Waals surface area contributed by atoms with Crippen molar-refractivity contribution in [1.29, 1.82) is 0 Å². The van der Waals surface area contributed by atoms with Crippen LogP contribution in [0.25, 0.3) is 0 Å². The molecule has 5 heteroatoms. The lowest BCUT2D eigenvalue weighted by molar-refractivity contribution is 0.0596. The lowest BCUT2D eigenvalue weighted by Crippen LogP contribution is -2.04. The maximum absolute atomic E-state index is 11.4. The molecule has 0 heterocycles. The first-order valence-corrected chi connectivity index (χ1v) is 5.83. The number of carbonyl (C=O) groups excluding carboxylic acids is 1. The third-order valence-corrected chi connectivity index (χ3v) is 3.41. The number of nitrogen functional groups attached to an aromatic ring is 1. The second kappa shape index (κ2) is 4.70. The molecule has 0 unspecified atom stereocenters. The van der Waals surface area contributed by atoms with Crippen molar-refractivity contribution in [2.24, 2.45) is 0 Å². The molecule has 14 heavy (non-hydrogen) atoms. The Hall–Kier alpha value is -0.680. The van der Waals surface area contributed by atoms with Crippen LogP contribution in [-0.4, -0.2) is 19.3 Å². The van der Waals surface area contributed by atoms with Crippen LogP contribution >= 0.6 is 27.7 Å². The molecule has 0 atom stereocenters. The van der Waals surface area contributed by atoms with Crippen molar-refractivity contribution < 1.29 is 9.53 Å². The Morgan fingerprint density at radius 2 is 2.21 bits per heavy atom. The van der Waals surface area contributed by atoms with Crippen LogP contribution in [0, 0.1) is 0 Å². The van der Waals surface area contributed by atoms with Crippen molar-refractivity contribution in [3.63, 3.8) is 0 Å². The maximum atomic E-state index is 11.4. The summed E-state index contributed by atoms with van der Waals surface area (Å²) in [5, 5.41) is 0. The van der Waals surface area contributed by atoms with Gasteiger partial charge in [0.1, 0.15) is 0 Å². The highest BCUT2D eigenvalue weighted by molar-refractivity contribution is 9.10. The minimum atomic E-state index is -0.373. The summed E-state index contributed by atoms with van der Waals surface area (Å²) in [5.41, 5.74) is 6.66. The summed E-state index contributed by atoms with van der Waals surface area (Å²) in [6.07, 6.45) is 1.89. The second-order valence-corrected chi connectivity index (χ2v) is 4.25. The number of hydrogen-bond donors (Lipinski definition) is 1. The fraction of sp³-hybridized carbons (Fsp3) is 0.222. The van der Waals surface area contributed by atoms with E-state index in [0.717, 1.165) is 9.37 Å². The highest BCUT2D eigenvalue weighted by Crippen LogP contribution is 2.32. The number of halogens is 1. The van der Waals surface area contributed by atoms with Crippen molar-refractivity contribution in [2.45, 2.75) is 4.90 Å². The van der Waals surface area contributed by atoms with Crippen LogP contribution in [0.1, 0.15) is 10.4 Å². The summed E-state index contributed by atoms with van der Waals surface area (Å²) < 4.78 is 5.47. The van der Waals surface area contributed by atoms with Crippen LogP contribution < -0.4 is 5.73 Å². The smallest absolute Gasteiger partial charge is 0.339 e. The molecule has 0 aliphatic rings. The van der Waals surface area contributed by atoms with Gasteiger partial charge in [-0.2, -0.15) is 0 Å². The molecule has 1 aromatic rings. The molecule has 0 saturated heterocycles. The molecule has 0 aromatic heterocycles. The molecule has 0 aliphatic carbocycles. The average Bonchev–Trinajstić information content (AvgIpc) is 2.15. The molecule has 0 spiro atoms. The second-order valence-electron chi connectivity index (χ2n) is 2.58. The van der Waals surface area contributed by atoms with E-state index in [4.69, 9.17) is 5.73 Å². The Labute approximate surface area is 95.1 Å². The van der Waals surface area contributed by atoms with E-state index in [0.29, 0.717) is 11.3 Å². The topological polar surface area (TPSA) is 52.3 Å². The number of methoxy groups -OCH3 is 1. The van der Waals surface area contributed by atoms with Gasteiger partial charge in [0.25, 0.3) is 0 Å². The fourth-order valence-corrected chi connectivity index (χ4v) is 2.66. The van der Waals surface area contributed by atoms with Gasteiger partial charge in [0, 0.05) is 15.1 Å². The lowest BCUT2D eigenvalue weighted by atomic mass is 10.2. The summed E-state index contributed by atoms with van der Waals surface area (Å²) in [6, 6.07) is 3.38. The average molecular weight is 276 g/mol. The molecule has 0 radical (unpaired) electrons. The van der Waals surface area contributed by atoms with Crippen molar-refractivity contribution >= 4 is 39.3 Å². The third kappa shape index (κ3) is 2.22. The number of rotatable bonds is 2. The van der Waals surface area contributed by atoms with E-state index in [1.165, 1.54) is 18.9 Å². The number of anilines is 1. The van der Waals surface area contributed by atoms with Gasteiger partial charge < -0.3 is 10.5 Å². The molecule has 3 nitrogen and oxygen atoms in total. The largest absolute Gasteiger partial charge is 0.465 e. The minimum absolute atomic E-state index is 0.373. The van der Waals surface area contributed by atoms with Gasteiger partial charge in [0.15, 0.2) is 0 Å². The van der Waals surface area contributed by atoms with E-state index >= 15 is 0 Å². The zero-order valence-corrected chi connectivity index (χ0v) is 10.2. The molecule has 0 fully saturated rings. The van der Waals surface area contributed by atoms with Crippen molar-refractivity contribution in [1.82, 2.24) is 0 Å². The molecule has 76 valence electrons. The zero-order valence-electron chi connectivity index (χ0n) is 7.83. The number of thioether (sulfide) groups is 1. The Bertz CT molecular complexity index is 368. The van der Waals surface area contributed by atoms with Crippen molar-refractivity contribution in [3.8, 4) is 0 Å². The Morgan fingerprint density at radius 3 is 2.71 bits per heavy atom. The van der Waals surface area contributed by atoms with Crippen LogP contribution in [0.4, 0.5) is 5.69 Å². The van der Waals surface area contributed by atoms with Gasteiger partial charge in [-0.3, -0.25) is 0 Å². The van der Waals surface area contributed by atoms with Gasteiger partial charge in [-0.05, 0) is 34.3 Å². The molecule has 0 saturated carbocycles. The van der Waals surface area contributed by atoms with Gasteiger partial charge in [-0.15, -0.1) is 11.8 Å². The fourth-order valence-electron chi connectivity index (χ4n) is 1.08. The molecule has 0 bridgehead atoms. The van der Waals surface area contributed by atoms with E-state index < -0.39 is 0 Å². The van der Waals surface area contributed by atoms with E-state index in [9.17, 15) is 4.79 Å². The van der Waals surface area contributed by atoms with Crippen LogP contribution in [0.15, 0.2) is 21.5 Å². The standard InChI is InChI=1S/C9H10BrNO2S/c1-13-9(12)6-3-5(11)4-7(10)8(6)14-2/h3-4H,11H2,1-2H3. The van der Waals surface area contributed by atoms with Gasteiger partial charge >= 0.3 is 5.97 Å². The molecule has 0 amide bonds. The number of esters is 1. The predicted octanol–water partition coefficient (Wildman–Crippen LogP) is 2.54. The monoisotopic (exact) mass is 275 g/mol. The van der Waals surface area contributed by atoms with E-state index in [1.807, 2.05) is 6.26 Å². The molecule has 2 N–H and O–H groups in total.